The third-order valence-electron chi connectivity index (χ3n) is 2.98. The minimum Gasteiger partial charge on any atom is -0.382 e. The van der Waals surface area contributed by atoms with Crippen molar-refractivity contribution in [3.05, 3.63) is 42.0 Å². The van der Waals surface area contributed by atoms with E-state index < -0.39 is 11.6 Å². The molecule has 86 valence electrons. The van der Waals surface area contributed by atoms with Crippen LogP contribution in [0.25, 0.3) is 0 Å². The number of benzene rings is 1. The topological polar surface area (TPSA) is 12.0 Å². The molecule has 1 aliphatic carbocycles. The van der Waals surface area contributed by atoms with Crippen LogP contribution in [0, 0.1) is 11.6 Å². The highest BCUT2D eigenvalue weighted by Crippen LogP contribution is 2.25. The summed E-state index contributed by atoms with van der Waals surface area (Å²) in [7, 11) is 0. The van der Waals surface area contributed by atoms with Gasteiger partial charge in [-0.1, -0.05) is 12.2 Å². The first-order valence-corrected chi connectivity index (χ1v) is 5.53. The molecule has 0 aromatic heterocycles. The van der Waals surface area contributed by atoms with Gasteiger partial charge in [-0.3, -0.25) is 0 Å². The molecule has 1 fully saturated rings. The zero-order valence-corrected chi connectivity index (χ0v) is 9.10. The van der Waals surface area contributed by atoms with Gasteiger partial charge >= 0.3 is 0 Å². The molecule has 0 aliphatic heterocycles. The average molecular weight is 223 g/mol. The molecule has 0 atom stereocenters. The summed E-state index contributed by atoms with van der Waals surface area (Å²) in [5, 5.41) is 3.22. The zero-order valence-electron chi connectivity index (χ0n) is 9.10. The first-order chi connectivity index (χ1) is 7.65. The third kappa shape index (κ3) is 2.60. The summed E-state index contributed by atoms with van der Waals surface area (Å²) >= 11 is 0. The van der Waals surface area contributed by atoms with E-state index in [1.807, 2.05) is 0 Å². The normalized spacial score (nSPS) is 17.5. The highest BCUT2D eigenvalue weighted by atomic mass is 19.2. The van der Waals surface area contributed by atoms with Crippen molar-refractivity contribution >= 4 is 5.69 Å². The molecule has 1 N–H and O–H groups in total. The highest BCUT2D eigenvalue weighted by molar-refractivity contribution is 5.44. The molecule has 16 heavy (non-hydrogen) atoms. The molecule has 1 aliphatic rings. The van der Waals surface area contributed by atoms with Gasteiger partial charge < -0.3 is 5.32 Å². The van der Waals surface area contributed by atoms with Crippen molar-refractivity contribution in [2.75, 3.05) is 5.32 Å². The van der Waals surface area contributed by atoms with E-state index >= 15 is 0 Å². The number of hydrogen-bond donors (Lipinski definition) is 1. The first-order valence-electron chi connectivity index (χ1n) is 5.53. The van der Waals surface area contributed by atoms with Gasteiger partial charge in [0.05, 0.1) is 0 Å². The van der Waals surface area contributed by atoms with Crippen LogP contribution >= 0.6 is 0 Å². The van der Waals surface area contributed by atoms with Gasteiger partial charge in [0, 0.05) is 17.8 Å². The lowest BCUT2D eigenvalue weighted by Crippen LogP contribution is -2.23. The van der Waals surface area contributed by atoms with Crippen LogP contribution in [-0.4, -0.2) is 6.04 Å². The molecule has 0 saturated heterocycles. The molecule has 1 aromatic rings. The second-order valence-corrected chi connectivity index (χ2v) is 4.30. The van der Waals surface area contributed by atoms with Crippen molar-refractivity contribution in [2.24, 2.45) is 0 Å². The maximum atomic E-state index is 13.0. The second kappa shape index (κ2) is 4.64. The number of allylic oxidation sites excluding steroid dienone is 1. The molecule has 0 radical (unpaired) electrons. The largest absolute Gasteiger partial charge is 0.382 e. The van der Waals surface area contributed by atoms with Crippen LogP contribution in [0.3, 0.4) is 0 Å². The molecule has 3 heteroatoms. The van der Waals surface area contributed by atoms with E-state index in [-0.39, 0.29) is 0 Å². The van der Waals surface area contributed by atoms with Gasteiger partial charge in [0.25, 0.3) is 0 Å². The molecule has 1 saturated carbocycles. The fourth-order valence-corrected chi connectivity index (χ4v) is 1.99. The van der Waals surface area contributed by atoms with E-state index in [0.29, 0.717) is 11.7 Å². The number of anilines is 1. The smallest absolute Gasteiger partial charge is 0.160 e. The molecule has 2 rings (SSSR count). The fraction of sp³-hybridized carbons (Fsp3) is 0.385. The van der Waals surface area contributed by atoms with Gasteiger partial charge in [-0.25, -0.2) is 8.78 Å². The molecular weight excluding hydrogens is 208 g/mol. The van der Waals surface area contributed by atoms with Crippen molar-refractivity contribution in [1.82, 2.24) is 0 Å². The Balaban J connectivity index is 1.98. The van der Waals surface area contributed by atoms with Gasteiger partial charge in [-0.05, 0) is 37.8 Å². The van der Waals surface area contributed by atoms with Crippen LogP contribution < -0.4 is 5.32 Å². The molecule has 1 nitrogen and oxygen atoms in total. The van der Waals surface area contributed by atoms with Crippen LogP contribution in [0.2, 0.25) is 0 Å². The maximum absolute atomic E-state index is 13.0. The molecule has 0 bridgehead atoms. The van der Waals surface area contributed by atoms with E-state index in [0.717, 1.165) is 31.7 Å². The molecule has 1 aromatic carbocycles. The Morgan fingerprint density at radius 3 is 2.44 bits per heavy atom. The molecule has 0 heterocycles. The van der Waals surface area contributed by atoms with E-state index in [2.05, 4.69) is 11.9 Å². The van der Waals surface area contributed by atoms with Gasteiger partial charge in [-0.15, -0.1) is 0 Å². The summed E-state index contributed by atoms with van der Waals surface area (Å²) in [4.78, 5) is 0. The Morgan fingerprint density at radius 1 is 1.12 bits per heavy atom. The Bertz CT molecular complexity index is 391. The fourth-order valence-electron chi connectivity index (χ4n) is 1.99. The van der Waals surface area contributed by atoms with Crippen LogP contribution in [0.15, 0.2) is 30.4 Å². The van der Waals surface area contributed by atoms with E-state index in [4.69, 9.17) is 0 Å². The maximum Gasteiger partial charge on any atom is 0.160 e. The quantitative estimate of drug-likeness (QED) is 0.750. The second-order valence-electron chi connectivity index (χ2n) is 4.30. The SMILES string of the molecule is C=C1CCC(Nc2ccc(F)c(F)c2)CC1. The van der Waals surface area contributed by atoms with E-state index in [1.54, 1.807) is 6.07 Å². The van der Waals surface area contributed by atoms with Crippen LogP contribution in [0.1, 0.15) is 25.7 Å². The summed E-state index contributed by atoms with van der Waals surface area (Å²) in [5.74, 6) is -1.60. The van der Waals surface area contributed by atoms with Gasteiger partial charge in [0.15, 0.2) is 11.6 Å². The monoisotopic (exact) mass is 223 g/mol. The van der Waals surface area contributed by atoms with Gasteiger partial charge in [-0.2, -0.15) is 0 Å². The number of hydrogen-bond acceptors (Lipinski definition) is 1. The molecule has 0 unspecified atom stereocenters. The zero-order chi connectivity index (χ0) is 11.5. The van der Waals surface area contributed by atoms with E-state index in [9.17, 15) is 8.78 Å². The van der Waals surface area contributed by atoms with E-state index in [1.165, 1.54) is 11.6 Å². The number of halogens is 2. The molecule has 0 amide bonds. The summed E-state index contributed by atoms with van der Waals surface area (Å²) in [6.45, 7) is 3.94. The summed E-state index contributed by atoms with van der Waals surface area (Å²) in [6, 6.07) is 4.27. The Morgan fingerprint density at radius 2 is 1.81 bits per heavy atom. The van der Waals surface area contributed by atoms with Crippen molar-refractivity contribution in [3.8, 4) is 0 Å². The lowest BCUT2D eigenvalue weighted by Gasteiger charge is -2.25. The van der Waals surface area contributed by atoms with Crippen molar-refractivity contribution < 1.29 is 8.78 Å². The van der Waals surface area contributed by atoms with Crippen LogP contribution in [0.4, 0.5) is 14.5 Å². The Hall–Kier alpha value is -1.38. The predicted octanol–water partition coefficient (Wildman–Crippen LogP) is 3.88. The average Bonchev–Trinajstić information content (AvgIpc) is 2.27. The van der Waals surface area contributed by atoms with Crippen molar-refractivity contribution in [3.63, 3.8) is 0 Å². The van der Waals surface area contributed by atoms with Gasteiger partial charge in [0.1, 0.15) is 0 Å². The Labute approximate surface area is 94.2 Å². The van der Waals surface area contributed by atoms with Gasteiger partial charge in [0.2, 0.25) is 0 Å². The summed E-state index contributed by atoms with van der Waals surface area (Å²) < 4.78 is 25.7. The minimum absolute atomic E-state index is 0.343. The first kappa shape index (κ1) is 11.1. The van der Waals surface area contributed by atoms with Crippen LogP contribution in [-0.2, 0) is 0 Å². The minimum atomic E-state index is -0.803. The highest BCUT2D eigenvalue weighted by Gasteiger charge is 2.15. The van der Waals surface area contributed by atoms with Crippen molar-refractivity contribution in [2.45, 2.75) is 31.7 Å². The lowest BCUT2D eigenvalue weighted by atomic mass is 9.92. The van der Waals surface area contributed by atoms with Crippen LogP contribution in [0.5, 0.6) is 0 Å². The summed E-state index contributed by atoms with van der Waals surface area (Å²) in [6.07, 6.45) is 4.05. The predicted molar refractivity (Wildman–Crippen MR) is 61.4 cm³/mol. The number of rotatable bonds is 2. The number of nitrogens with one attached hydrogen (secondary N) is 1. The van der Waals surface area contributed by atoms with Crippen molar-refractivity contribution in [1.29, 1.82) is 0 Å². The molecular formula is C13H15F2N. The summed E-state index contributed by atoms with van der Waals surface area (Å²) in [5.41, 5.74) is 1.93. The standard InChI is InChI=1S/C13H15F2N/c1-9-2-4-10(5-3-9)16-11-6-7-12(14)13(15)8-11/h6-8,10,16H,1-5H2. The molecule has 0 spiro atoms. The lowest BCUT2D eigenvalue weighted by molar-refractivity contribution is 0.507. The Kier molecular flexibility index (Phi) is 3.22. The third-order valence-corrected chi connectivity index (χ3v) is 2.98.